The van der Waals surface area contributed by atoms with Crippen molar-refractivity contribution in [3.63, 3.8) is 0 Å². The number of amides is 2. The van der Waals surface area contributed by atoms with E-state index in [-0.39, 0.29) is 6.03 Å². The van der Waals surface area contributed by atoms with Crippen LogP contribution in [0.4, 0.5) is 10.5 Å². The van der Waals surface area contributed by atoms with Crippen LogP contribution in [0.1, 0.15) is 0 Å². The van der Waals surface area contributed by atoms with Gasteiger partial charge >= 0.3 is 6.03 Å². The third-order valence-corrected chi connectivity index (χ3v) is 3.46. The van der Waals surface area contributed by atoms with Crippen molar-refractivity contribution in [1.82, 2.24) is 5.32 Å². The maximum atomic E-state index is 11.4. The van der Waals surface area contributed by atoms with Crippen LogP contribution in [0, 0.1) is 0 Å². The molecule has 2 amide bonds. The van der Waals surface area contributed by atoms with Gasteiger partial charge in [-0.2, -0.15) is 0 Å². The molecule has 74 valence electrons. The summed E-state index contributed by atoms with van der Waals surface area (Å²) in [5.41, 5.74) is 0.813. The van der Waals surface area contributed by atoms with E-state index in [0.717, 1.165) is 10.2 Å². The van der Waals surface area contributed by atoms with Gasteiger partial charge < -0.3 is 5.32 Å². The number of halogens is 2. The van der Waals surface area contributed by atoms with Gasteiger partial charge in [0.15, 0.2) is 0 Å². The second-order valence-corrected chi connectivity index (χ2v) is 4.16. The molecular weight excluding hydrogens is 267 g/mol. The third kappa shape index (κ3) is 1.60. The summed E-state index contributed by atoms with van der Waals surface area (Å²) in [4.78, 5) is 13.1. The molecule has 0 bridgehead atoms. The fraction of sp³-hybridized carbons (Fsp3) is 0.222. The molecule has 1 aliphatic heterocycles. The molecule has 1 aromatic carbocycles. The highest BCUT2D eigenvalue weighted by Gasteiger charge is 2.23. The molecule has 1 aliphatic rings. The van der Waals surface area contributed by atoms with Crippen LogP contribution in [0.15, 0.2) is 22.7 Å². The summed E-state index contributed by atoms with van der Waals surface area (Å²) in [5.74, 6) is 0. The van der Waals surface area contributed by atoms with Crippen molar-refractivity contribution in [2.24, 2.45) is 0 Å². The Kier molecular flexibility index (Phi) is 2.65. The maximum Gasteiger partial charge on any atom is 0.322 e. The monoisotopic (exact) mass is 274 g/mol. The molecule has 5 heteroatoms. The lowest BCUT2D eigenvalue weighted by molar-refractivity contribution is 0.252. The average molecular weight is 276 g/mol. The second kappa shape index (κ2) is 3.79. The van der Waals surface area contributed by atoms with Crippen molar-refractivity contribution in [2.45, 2.75) is 0 Å². The molecule has 1 aromatic rings. The molecule has 0 spiro atoms. The van der Waals surface area contributed by atoms with E-state index in [0.29, 0.717) is 18.1 Å². The van der Waals surface area contributed by atoms with Crippen LogP contribution in [-0.2, 0) is 0 Å². The van der Waals surface area contributed by atoms with Crippen LogP contribution in [0.3, 0.4) is 0 Å². The van der Waals surface area contributed by atoms with E-state index in [1.807, 2.05) is 12.1 Å². The molecule has 0 atom stereocenters. The van der Waals surface area contributed by atoms with E-state index < -0.39 is 0 Å². The predicted molar refractivity (Wildman–Crippen MR) is 59.9 cm³/mol. The first-order valence-corrected chi connectivity index (χ1v) is 5.36. The zero-order valence-corrected chi connectivity index (χ0v) is 9.60. The van der Waals surface area contributed by atoms with Gasteiger partial charge in [0.2, 0.25) is 0 Å². The van der Waals surface area contributed by atoms with Gasteiger partial charge in [0, 0.05) is 13.1 Å². The first-order valence-electron chi connectivity index (χ1n) is 4.19. The number of benzene rings is 1. The number of rotatable bonds is 1. The Balaban J connectivity index is 2.41. The second-order valence-electron chi connectivity index (χ2n) is 2.96. The minimum absolute atomic E-state index is 0.0760. The highest BCUT2D eigenvalue weighted by atomic mass is 79.9. The quantitative estimate of drug-likeness (QED) is 0.839. The van der Waals surface area contributed by atoms with Crippen molar-refractivity contribution in [3.8, 4) is 0 Å². The van der Waals surface area contributed by atoms with E-state index >= 15 is 0 Å². The highest BCUT2D eigenvalue weighted by molar-refractivity contribution is 9.10. The third-order valence-electron chi connectivity index (χ3n) is 2.08. The van der Waals surface area contributed by atoms with Crippen LogP contribution in [0.5, 0.6) is 0 Å². The Labute approximate surface area is 95.2 Å². The van der Waals surface area contributed by atoms with E-state index in [2.05, 4.69) is 21.2 Å². The molecule has 1 N–H and O–H groups in total. The molecule has 0 unspecified atom stereocenters. The standard InChI is InChI=1S/C9H8BrClN2O/c10-8-6(11)2-1-3-7(8)13-5-4-12-9(13)14/h1-3H,4-5H2,(H,12,14). The number of carbonyl (C=O) groups excluding carboxylic acids is 1. The number of nitrogens with zero attached hydrogens (tertiary/aromatic N) is 1. The van der Waals surface area contributed by atoms with Gasteiger partial charge in [0.1, 0.15) is 0 Å². The lowest BCUT2D eigenvalue weighted by atomic mass is 10.3. The summed E-state index contributed by atoms with van der Waals surface area (Å²) in [6.07, 6.45) is 0. The molecule has 0 saturated carbocycles. The van der Waals surface area contributed by atoms with Gasteiger partial charge in [-0.25, -0.2) is 4.79 Å². The smallest absolute Gasteiger partial charge is 0.322 e. The van der Waals surface area contributed by atoms with E-state index in [4.69, 9.17) is 11.6 Å². The van der Waals surface area contributed by atoms with Crippen molar-refractivity contribution < 1.29 is 4.79 Å². The zero-order valence-electron chi connectivity index (χ0n) is 7.26. The molecule has 2 rings (SSSR count). The first kappa shape index (κ1) is 9.80. The highest BCUT2D eigenvalue weighted by Crippen LogP contribution is 2.33. The van der Waals surface area contributed by atoms with Gasteiger partial charge in [-0.1, -0.05) is 17.7 Å². The van der Waals surface area contributed by atoms with Crippen molar-refractivity contribution in [1.29, 1.82) is 0 Å². The van der Waals surface area contributed by atoms with Crippen LogP contribution in [0.25, 0.3) is 0 Å². The molecule has 1 saturated heterocycles. The molecule has 0 radical (unpaired) electrons. The molecule has 0 aliphatic carbocycles. The number of anilines is 1. The minimum Gasteiger partial charge on any atom is -0.336 e. The lowest BCUT2D eigenvalue weighted by Crippen LogP contribution is -2.27. The van der Waals surface area contributed by atoms with Crippen molar-refractivity contribution in [2.75, 3.05) is 18.0 Å². The van der Waals surface area contributed by atoms with Crippen LogP contribution < -0.4 is 10.2 Å². The Morgan fingerprint density at radius 3 is 2.93 bits per heavy atom. The Hall–Kier alpha value is -0.740. The SMILES string of the molecule is O=C1NCCN1c1cccc(Cl)c1Br. The van der Waals surface area contributed by atoms with Crippen LogP contribution in [0.2, 0.25) is 5.02 Å². The van der Waals surface area contributed by atoms with E-state index in [1.54, 1.807) is 11.0 Å². The van der Waals surface area contributed by atoms with Crippen LogP contribution >= 0.6 is 27.5 Å². The van der Waals surface area contributed by atoms with Gasteiger partial charge in [0.25, 0.3) is 0 Å². The molecule has 3 nitrogen and oxygen atoms in total. The summed E-state index contributed by atoms with van der Waals surface area (Å²) < 4.78 is 0.763. The minimum atomic E-state index is -0.0760. The Morgan fingerprint density at radius 1 is 1.50 bits per heavy atom. The van der Waals surface area contributed by atoms with E-state index in [9.17, 15) is 4.79 Å². The number of urea groups is 1. The largest absolute Gasteiger partial charge is 0.336 e. The molecule has 1 fully saturated rings. The zero-order chi connectivity index (χ0) is 10.1. The summed E-state index contributed by atoms with van der Waals surface area (Å²) >= 11 is 9.30. The van der Waals surface area contributed by atoms with Gasteiger partial charge in [-0.05, 0) is 28.1 Å². The summed E-state index contributed by atoms with van der Waals surface area (Å²) in [6, 6.07) is 5.39. The van der Waals surface area contributed by atoms with Crippen LogP contribution in [-0.4, -0.2) is 19.1 Å². The maximum absolute atomic E-state index is 11.4. The number of hydrogen-bond donors (Lipinski definition) is 1. The fourth-order valence-corrected chi connectivity index (χ4v) is 2.05. The molecule has 1 heterocycles. The van der Waals surface area contributed by atoms with Gasteiger partial charge in [0.05, 0.1) is 15.2 Å². The summed E-state index contributed by atoms with van der Waals surface area (Å²) in [5, 5.41) is 3.35. The van der Waals surface area contributed by atoms with Gasteiger partial charge in [-0.15, -0.1) is 0 Å². The number of nitrogens with one attached hydrogen (secondary N) is 1. The van der Waals surface area contributed by atoms with Gasteiger partial charge in [-0.3, -0.25) is 4.90 Å². The summed E-state index contributed by atoms with van der Waals surface area (Å²) in [6.45, 7) is 1.36. The molecule has 0 aromatic heterocycles. The average Bonchev–Trinajstić information content (AvgIpc) is 2.57. The molecular formula is C9H8BrClN2O. The predicted octanol–water partition coefficient (Wildman–Crippen LogP) is 2.63. The number of hydrogen-bond acceptors (Lipinski definition) is 1. The van der Waals surface area contributed by atoms with Crippen molar-refractivity contribution >= 4 is 39.2 Å². The van der Waals surface area contributed by atoms with Crippen molar-refractivity contribution in [3.05, 3.63) is 27.7 Å². The first-order chi connectivity index (χ1) is 6.70. The fourth-order valence-electron chi connectivity index (χ4n) is 1.40. The van der Waals surface area contributed by atoms with E-state index in [1.165, 1.54) is 0 Å². The topological polar surface area (TPSA) is 32.3 Å². The number of carbonyl (C=O) groups is 1. The Bertz CT molecular complexity index is 383. The summed E-state index contributed by atoms with van der Waals surface area (Å²) in [7, 11) is 0. The molecule has 14 heavy (non-hydrogen) atoms. The normalized spacial score (nSPS) is 15.9. The lowest BCUT2D eigenvalue weighted by Gasteiger charge is -2.16. The Morgan fingerprint density at radius 2 is 2.29 bits per heavy atom.